The van der Waals surface area contributed by atoms with Crippen molar-refractivity contribution < 1.29 is 9.47 Å². The molecule has 0 spiro atoms. The van der Waals surface area contributed by atoms with E-state index in [2.05, 4.69) is 40.0 Å². The average Bonchev–Trinajstić information content (AvgIpc) is 3.21. The van der Waals surface area contributed by atoms with Crippen LogP contribution in [-0.2, 0) is 19.7 Å². The Labute approximate surface area is 161 Å². The van der Waals surface area contributed by atoms with Crippen molar-refractivity contribution in [2.24, 2.45) is 0 Å². The third-order valence-electron chi connectivity index (χ3n) is 4.56. The zero-order valence-corrected chi connectivity index (χ0v) is 16.0. The van der Waals surface area contributed by atoms with Crippen LogP contribution in [0.25, 0.3) is 0 Å². The molecule has 0 radical (unpaired) electrons. The Kier molecular flexibility index (Phi) is 6.88. The molecule has 0 atom stereocenters. The summed E-state index contributed by atoms with van der Waals surface area (Å²) >= 11 is 0. The SMILES string of the molecule is COc1cccc(CNCCCn2ccnc2)c1OCc1ccccc1C. The van der Waals surface area contributed by atoms with Crippen molar-refractivity contribution in [1.29, 1.82) is 0 Å². The second-order valence-electron chi connectivity index (χ2n) is 6.49. The topological polar surface area (TPSA) is 48.3 Å². The quantitative estimate of drug-likeness (QED) is 0.553. The van der Waals surface area contributed by atoms with Crippen molar-refractivity contribution in [2.75, 3.05) is 13.7 Å². The van der Waals surface area contributed by atoms with Crippen LogP contribution in [0.3, 0.4) is 0 Å². The second kappa shape index (κ2) is 9.78. The summed E-state index contributed by atoms with van der Waals surface area (Å²) in [6.45, 7) is 5.25. The first-order valence-corrected chi connectivity index (χ1v) is 9.27. The lowest BCUT2D eigenvalue weighted by atomic mass is 10.1. The molecule has 0 aliphatic rings. The van der Waals surface area contributed by atoms with Gasteiger partial charge in [-0.15, -0.1) is 0 Å². The maximum atomic E-state index is 6.16. The van der Waals surface area contributed by atoms with E-state index in [0.717, 1.165) is 43.1 Å². The van der Waals surface area contributed by atoms with Crippen molar-refractivity contribution in [2.45, 2.75) is 33.0 Å². The highest BCUT2D eigenvalue weighted by atomic mass is 16.5. The fourth-order valence-electron chi connectivity index (χ4n) is 2.98. The van der Waals surface area contributed by atoms with Crippen molar-refractivity contribution in [1.82, 2.24) is 14.9 Å². The molecule has 27 heavy (non-hydrogen) atoms. The van der Waals surface area contributed by atoms with Crippen LogP contribution in [0.2, 0.25) is 0 Å². The minimum absolute atomic E-state index is 0.528. The molecule has 2 aromatic carbocycles. The first-order valence-electron chi connectivity index (χ1n) is 9.27. The van der Waals surface area contributed by atoms with Gasteiger partial charge in [0.15, 0.2) is 11.5 Å². The van der Waals surface area contributed by atoms with Crippen molar-refractivity contribution in [3.8, 4) is 11.5 Å². The number of aryl methyl sites for hydroxylation is 2. The molecule has 0 bridgehead atoms. The van der Waals surface area contributed by atoms with E-state index in [1.54, 1.807) is 7.11 Å². The largest absolute Gasteiger partial charge is 0.493 e. The Balaban J connectivity index is 1.58. The lowest BCUT2D eigenvalue weighted by Gasteiger charge is -2.16. The number of methoxy groups -OCH3 is 1. The van der Waals surface area contributed by atoms with Gasteiger partial charge in [-0.2, -0.15) is 0 Å². The fourth-order valence-corrected chi connectivity index (χ4v) is 2.98. The van der Waals surface area contributed by atoms with Crippen LogP contribution in [-0.4, -0.2) is 23.2 Å². The van der Waals surface area contributed by atoms with E-state index in [4.69, 9.17) is 9.47 Å². The van der Waals surface area contributed by atoms with Crippen LogP contribution in [0, 0.1) is 6.92 Å². The van der Waals surface area contributed by atoms with Crippen LogP contribution in [0.15, 0.2) is 61.2 Å². The van der Waals surface area contributed by atoms with Crippen LogP contribution in [0.4, 0.5) is 0 Å². The number of hydrogen-bond donors (Lipinski definition) is 1. The van der Waals surface area contributed by atoms with Gasteiger partial charge in [-0.05, 0) is 37.1 Å². The number of ether oxygens (including phenoxy) is 2. The van der Waals surface area contributed by atoms with Gasteiger partial charge in [-0.25, -0.2) is 4.98 Å². The molecule has 0 unspecified atom stereocenters. The van der Waals surface area contributed by atoms with Gasteiger partial charge < -0.3 is 19.4 Å². The minimum atomic E-state index is 0.528. The first kappa shape index (κ1) is 19.0. The molecule has 5 nitrogen and oxygen atoms in total. The molecule has 0 aliphatic carbocycles. The summed E-state index contributed by atoms with van der Waals surface area (Å²) in [7, 11) is 1.68. The Bertz CT molecular complexity index is 831. The lowest BCUT2D eigenvalue weighted by molar-refractivity contribution is 0.280. The third-order valence-corrected chi connectivity index (χ3v) is 4.56. The first-order chi connectivity index (χ1) is 13.3. The van der Waals surface area contributed by atoms with E-state index in [1.165, 1.54) is 11.1 Å². The highest BCUT2D eigenvalue weighted by molar-refractivity contribution is 5.46. The Morgan fingerprint density at radius 3 is 2.70 bits per heavy atom. The lowest BCUT2D eigenvalue weighted by Crippen LogP contribution is -2.17. The fraction of sp³-hybridized carbons (Fsp3) is 0.318. The number of nitrogens with one attached hydrogen (secondary N) is 1. The number of para-hydroxylation sites is 1. The van der Waals surface area contributed by atoms with E-state index in [9.17, 15) is 0 Å². The zero-order chi connectivity index (χ0) is 18.9. The number of imidazole rings is 1. The molecule has 1 heterocycles. The Morgan fingerprint density at radius 1 is 1.07 bits per heavy atom. The molecule has 0 amide bonds. The van der Waals surface area contributed by atoms with Gasteiger partial charge >= 0.3 is 0 Å². The Morgan fingerprint density at radius 2 is 1.93 bits per heavy atom. The van der Waals surface area contributed by atoms with Gasteiger partial charge in [0.05, 0.1) is 13.4 Å². The molecule has 0 saturated heterocycles. The van der Waals surface area contributed by atoms with Gasteiger partial charge in [0.2, 0.25) is 0 Å². The standard InChI is InChI=1S/C22H27N3O2/c1-18-7-3-4-8-20(18)16-27-22-19(9-5-10-21(22)26-2)15-23-11-6-13-25-14-12-24-17-25/h3-5,7-10,12,14,17,23H,6,11,13,15-16H2,1-2H3. The number of nitrogens with zero attached hydrogens (tertiary/aromatic N) is 2. The zero-order valence-electron chi connectivity index (χ0n) is 16.0. The molecule has 5 heteroatoms. The maximum Gasteiger partial charge on any atom is 0.166 e. The van der Waals surface area contributed by atoms with E-state index in [1.807, 2.05) is 43.0 Å². The van der Waals surface area contributed by atoms with E-state index in [0.29, 0.717) is 6.61 Å². The predicted octanol–water partition coefficient (Wildman–Crippen LogP) is 3.96. The monoisotopic (exact) mass is 365 g/mol. The summed E-state index contributed by atoms with van der Waals surface area (Å²) in [6, 6.07) is 14.3. The number of benzene rings is 2. The molecule has 142 valence electrons. The number of aromatic nitrogens is 2. The summed E-state index contributed by atoms with van der Waals surface area (Å²) in [6.07, 6.45) is 6.68. The maximum absolute atomic E-state index is 6.16. The third kappa shape index (κ3) is 5.34. The summed E-state index contributed by atoms with van der Waals surface area (Å²) in [5.74, 6) is 1.58. The highest BCUT2D eigenvalue weighted by Crippen LogP contribution is 2.32. The summed E-state index contributed by atoms with van der Waals surface area (Å²) in [5, 5.41) is 3.50. The van der Waals surface area contributed by atoms with Crippen LogP contribution < -0.4 is 14.8 Å². The van der Waals surface area contributed by atoms with Gasteiger partial charge in [0.25, 0.3) is 0 Å². The summed E-state index contributed by atoms with van der Waals surface area (Å²) in [5.41, 5.74) is 3.51. The van der Waals surface area contributed by atoms with Crippen molar-refractivity contribution in [3.63, 3.8) is 0 Å². The Hall–Kier alpha value is -2.79. The second-order valence-corrected chi connectivity index (χ2v) is 6.49. The molecule has 3 rings (SSSR count). The molecule has 0 fully saturated rings. The van der Waals surface area contributed by atoms with Gasteiger partial charge in [-0.1, -0.05) is 36.4 Å². The average molecular weight is 365 g/mol. The van der Waals surface area contributed by atoms with Crippen molar-refractivity contribution in [3.05, 3.63) is 77.9 Å². The van der Waals surface area contributed by atoms with E-state index < -0.39 is 0 Å². The van der Waals surface area contributed by atoms with Crippen LogP contribution in [0.5, 0.6) is 11.5 Å². The highest BCUT2D eigenvalue weighted by Gasteiger charge is 2.11. The van der Waals surface area contributed by atoms with Crippen molar-refractivity contribution >= 4 is 0 Å². The van der Waals surface area contributed by atoms with Crippen LogP contribution in [0.1, 0.15) is 23.1 Å². The predicted molar refractivity (Wildman–Crippen MR) is 107 cm³/mol. The smallest absolute Gasteiger partial charge is 0.166 e. The number of rotatable bonds is 10. The molecular formula is C22H27N3O2. The van der Waals surface area contributed by atoms with Gasteiger partial charge in [0.1, 0.15) is 6.61 Å². The summed E-state index contributed by atoms with van der Waals surface area (Å²) in [4.78, 5) is 4.06. The molecule has 1 N–H and O–H groups in total. The summed E-state index contributed by atoms with van der Waals surface area (Å²) < 4.78 is 13.8. The van der Waals surface area contributed by atoms with Gasteiger partial charge in [0, 0.05) is 31.0 Å². The van der Waals surface area contributed by atoms with E-state index in [-0.39, 0.29) is 0 Å². The van der Waals surface area contributed by atoms with Crippen LogP contribution >= 0.6 is 0 Å². The minimum Gasteiger partial charge on any atom is -0.493 e. The molecule has 0 saturated carbocycles. The number of hydrogen-bond acceptors (Lipinski definition) is 4. The normalized spacial score (nSPS) is 10.7. The van der Waals surface area contributed by atoms with E-state index >= 15 is 0 Å². The molecular weight excluding hydrogens is 338 g/mol. The molecule has 1 aromatic heterocycles. The van der Waals surface area contributed by atoms with Gasteiger partial charge in [-0.3, -0.25) is 0 Å². The molecule has 0 aliphatic heterocycles. The molecule has 3 aromatic rings.